The van der Waals surface area contributed by atoms with E-state index < -0.39 is 0 Å². The van der Waals surface area contributed by atoms with E-state index in [9.17, 15) is 19.2 Å². The first-order chi connectivity index (χ1) is 21.3. The molecule has 0 atom stereocenters. The van der Waals surface area contributed by atoms with E-state index >= 15 is 0 Å². The van der Waals surface area contributed by atoms with Gasteiger partial charge in [-0.2, -0.15) is 0 Å². The highest BCUT2D eigenvalue weighted by Gasteiger charge is 2.43. The fourth-order valence-electron chi connectivity index (χ4n) is 8.71. The van der Waals surface area contributed by atoms with Gasteiger partial charge in [0.1, 0.15) is 0 Å². The van der Waals surface area contributed by atoms with E-state index in [0.29, 0.717) is 38.7 Å². The maximum atomic E-state index is 14.1. The van der Waals surface area contributed by atoms with Crippen LogP contribution in [-0.2, 0) is 0 Å². The molecule has 45 heavy (non-hydrogen) atoms. The molecular formula is C38H39N3O4. The molecule has 7 rings (SSSR count). The van der Waals surface area contributed by atoms with E-state index in [0.717, 1.165) is 32.3 Å². The van der Waals surface area contributed by atoms with Crippen molar-refractivity contribution >= 4 is 72.4 Å². The number of amides is 4. The summed E-state index contributed by atoms with van der Waals surface area (Å²) < 4.78 is 0. The number of fused-ring (bicyclic) bond motifs is 2. The number of hydrogen-bond acceptors (Lipinski definition) is 5. The van der Waals surface area contributed by atoms with Crippen molar-refractivity contribution in [1.82, 2.24) is 9.80 Å². The standard InChI is InChI=1S/C38H39N3O4/c1-16(2)33(17(3)4)40-35(42)23-12-9-20-21-10-13-25-30-26(38(45)41(37(25)44)34(18(5)6)19(7)8)15-27(39)31(32(21)30)22-11-14-24(36(40)43)29(23)28(20)22/h9-19,33-34H,39H2,1-8H3. The first-order valence-corrected chi connectivity index (χ1v) is 16.0. The summed E-state index contributed by atoms with van der Waals surface area (Å²) in [4.78, 5) is 59.3. The lowest BCUT2D eigenvalue weighted by Crippen LogP contribution is -2.51. The molecule has 2 heterocycles. The molecule has 0 saturated heterocycles. The van der Waals surface area contributed by atoms with Crippen LogP contribution in [0.3, 0.4) is 0 Å². The van der Waals surface area contributed by atoms with Crippen LogP contribution in [-0.4, -0.2) is 45.5 Å². The zero-order valence-electron chi connectivity index (χ0n) is 27.1. The molecule has 4 amide bonds. The van der Waals surface area contributed by atoms with Gasteiger partial charge in [-0.3, -0.25) is 29.0 Å². The number of carbonyl (C=O) groups is 4. The molecule has 5 aromatic carbocycles. The molecule has 0 radical (unpaired) electrons. The van der Waals surface area contributed by atoms with Gasteiger partial charge in [0, 0.05) is 56.0 Å². The molecule has 0 unspecified atom stereocenters. The van der Waals surface area contributed by atoms with Crippen LogP contribution in [0, 0.1) is 23.7 Å². The topological polar surface area (TPSA) is 101 Å². The first-order valence-electron chi connectivity index (χ1n) is 16.0. The minimum atomic E-state index is -0.326. The van der Waals surface area contributed by atoms with Gasteiger partial charge in [0.25, 0.3) is 23.6 Å². The largest absolute Gasteiger partial charge is 0.398 e. The minimum absolute atomic E-state index is 0.0776. The Morgan fingerprint density at radius 3 is 1.22 bits per heavy atom. The number of nitrogens with zero attached hydrogens (tertiary/aromatic N) is 2. The number of nitrogens with two attached hydrogens (primary N) is 1. The third-order valence-electron chi connectivity index (χ3n) is 10.2. The predicted molar refractivity (Wildman–Crippen MR) is 180 cm³/mol. The van der Waals surface area contributed by atoms with Crippen molar-refractivity contribution in [2.75, 3.05) is 5.73 Å². The molecule has 2 N–H and O–H groups in total. The summed E-state index contributed by atoms with van der Waals surface area (Å²) in [6, 6.07) is 12.4. The highest BCUT2D eigenvalue weighted by Crippen LogP contribution is 2.49. The summed E-state index contributed by atoms with van der Waals surface area (Å²) >= 11 is 0. The Labute approximate surface area is 262 Å². The number of rotatable bonds is 6. The van der Waals surface area contributed by atoms with Crippen LogP contribution in [0.15, 0.2) is 42.5 Å². The van der Waals surface area contributed by atoms with Crippen LogP contribution in [0.25, 0.3) is 43.1 Å². The molecule has 2 aliphatic heterocycles. The fourth-order valence-corrected chi connectivity index (χ4v) is 8.71. The summed E-state index contributed by atoms with van der Waals surface area (Å²) in [5.74, 6) is -0.843. The van der Waals surface area contributed by atoms with Crippen LogP contribution in [0.2, 0.25) is 0 Å². The predicted octanol–water partition coefficient (Wildman–Crippen LogP) is 7.87. The lowest BCUT2D eigenvalue weighted by atomic mass is 9.80. The molecule has 230 valence electrons. The second-order valence-corrected chi connectivity index (χ2v) is 14.3. The lowest BCUT2D eigenvalue weighted by molar-refractivity contribution is 0.0423. The summed E-state index contributed by atoms with van der Waals surface area (Å²) in [6.45, 7) is 16.3. The maximum Gasteiger partial charge on any atom is 0.261 e. The normalized spacial score (nSPS) is 15.6. The number of hydrogen-bond donors (Lipinski definition) is 1. The van der Waals surface area contributed by atoms with Crippen LogP contribution >= 0.6 is 0 Å². The van der Waals surface area contributed by atoms with E-state index in [2.05, 4.69) is 0 Å². The smallest absolute Gasteiger partial charge is 0.261 e. The lowest BCUT2D eigenvalue weighted by Gasteiger charge is -2.39. The Bertz CT molecular complexity index is 2100. The quantitative estimate of drug-likeness (QED) is 0.0924. The molecule has 0 aliphatic carbocycles. The summed E-state index contributed by atoms with van der Waals surface area (Å²) in [7, 11) is 0. The molecule has 0 saturated carbocycles. The minimum Gasteiger partial charge on any atom is -0.398 e. The van der Waals surface area contributed by atoms with Gasteiger partial charge in [0.2, 0.25) is 0 Å². The van der Waals surface area contributed by atoms with Gasteiger partial charge in [-0.1, -0.05) is 73.6 Å². The zero-order valence-corrected chi connectivity index (χ0v) is 27.1. The van der Waals surface area contributed by atoms with Crippen molar-refractivity contribution in [1.29, 1.82) is 0 Å². The third kappa shape index (κ3) is 3.70. The Kier molecular flexibility index (Phi) is 6.32. The molecule has 5 aromatic rings. The van der Waals surface area contributed by atoms with E-state index in [1.54, 1.807) is 12.1 Å². The molecule has 0 spiro atoms. The molecule has 0 bridgehead atoms. The second kappa shape index (κ2) is 9.74. The second-order valence-electron chi connectivity index (χ2n) is 14.3. The van der Waals surface area contributed by atoms with Crippen molar-refractivity contribution in [3.63, 3.8) is 0 Å². The highest BCUT2D eigenvalue weighted by molar-refractivity contribution is 6.42. The van der Waals surface area contributed by atoms with Crippen LogP contribution in [0.4, 0.5) is 5.69 Å². The Balaban J connectivity index is 1.55. The van der Waals surface area contributed by atoms with E-state index in [4.69, 9.17) is 5.73 Å². The van der Waals surface area contributed by atoms with Gasteiger partial charge in [-0.25, -0.2) is 0 Å². The molecule has 2 aliphatic rings. The number of anilines is 1. The van der Waals surface area contributed by atoms with Crippen molar-refractivity contribution in [2.24, 2.45) is 23.7 Å². The number of carbonyl (C=O) groups excluding carboxylic acids is 4. The Hall–Kier alpha value is -4.52. The maximum absolute atomic E-state index is 14.1. The first kappa shape index (κ1) is 29.2. The van der Waals surface area contributed by atoms with Crippen LogP contribution < -0.4 is 5.73 Å². The molecular weight excluding hydrogens is 562 g/mol. The monoisotopic (exact) mass is 601 g/mol. The van der Waals surface area contributed by atoms with Gasteiger partial charge >= 0.3 is 0 Å². The summed E-state index contributed by atoms with van der Waals surface area (Å²) in [6.07, 6.45) is 0. The number of benzene rings is 5. The number of imide groups is 2. The van der Waals surface area contributed by atoms with E-state index in [-0.39, 0.29) is 59.4 Å². The Morgan fingerprint density at radius 1 is 0.444 bits per heavy atom. The third-order valence-corrected chi connectivity index (χ3v) is 10.2. The van der Waals surface area contributed by atoms with Crippen LogP contribution in [0.1, 0.15) is 96.8 Å². The van der Waals surface area contributed by atoms with Gasteiger partial charge in [0.05, 0.1) is 5.56 Å². The summed E-state index contributed by atoms with van der Waals surface area (Å²) in [5, 5.41) is 6.01. The average molecular weight is 602 g/mol. The molecule has 0 aromatic heterocycles. The van der Waals surface area contributed by atoms with Crippen molar-refractivity contribution in [3.05, 3.63) is 64.7 Å². The molecule has 0 fully saturated rings. The van der Waals surface area contributed by atoms with Gasteiger partial charge < -0.3 is 5.73 Å². The molecule has 7 nitrogen and oxygen atoms in total. The fraction of sp³-hybridized carbons (Fsp3) is 0.368. The number of nitrogen functional groups attached to an aromatic ring is 1. The average Bonchev–Trinajstić information content (AvgIpc) is 2.97. The molecule has 7 heteroatoms. The highest BCUT2D eigenvalue weighted by atomic mass is 16.2. The van der Waals surface area contributed by atoms with E-state index in [1.165, 1.54) is 9.80 Å². The Morgan fingerprint density at radius 2 is 0.800 bits per heavy atom. The van der Waals surface area contributed by atoms with Crippen molar-refractivity contribution < 1.29 is 19.2 Å². The SMILES string of the molecule is CC(C)C(C(C)C)N1C(=O)c2ccc3c4ccc5c6c(cc(N)c(c7ccc(c2c37)C1=O)c64)C(=O)N(C(C(C)C)C(C)C)C5=O. The van der Waals surface area contributed by atoms with Gasteiger partial charge in [-0.05, 0) is 69.5 Å². The van der Waals surface area contributed by atoms with Crippen molar-refractivity contribution in [3.8, 4) is 0 Å². The zero-order chi connectivity index (χ0) is 32.4. The van der Waals surface area contributed by atoms with Gasteiger partial charge in [0.15, 0.2) is 0 Å². The van der Waals surface area contributed by atoms with E-state index in [1.807, 2.05) is 85.7 Å². The van der Waals surface area contributed by atoms with Crippen molar-refractivity contribution in [2.45, 2.75) is 67.5 Å². The van der Waals surface area contributed by atoms with Gasteiger partial charge in [-0.15, -0.1) is 0 Å². The van der Waals surface area contributed by atoms with Crippen LogP contribution in [0.5, 0.6) is 0 Å². The summed E-state index contributed by atoms with van der Waals surface area (Å²) in [5.41, 5.74) is 9.16.